The van der Waals surface area contributed by atoms with E-state index in [4.69, 9.17) is 0 Å². The maximum Gasteiger partial charge on any atom is 0.251 e. The van der Waals surface area contributed by atoms with Gasteiger partial charge in [-0.25, -0.2) is 4.98 Å². The third-order valence-corrected chi connectivity index (χ3v) is 3.27. The minimum atomic E-state index is -0.0911. The second kappa shape index (κ2) is 5.42. The van der Waals surface area contributed by atoms with Crippen molar-refractivity contribution in [1.29, 1.82) is 0 Å². The quantitative estimate of drug-likeness (QED) is 0.789. The molecule has 1 saturated heterocycles. The van der Waals surface area contributed by atoms with Gasteiger partial charge in [-0.05, 0) is 25.8 Å². The predicted octanol–water partition coefficient (Wildman–Crippen LogP) is 0.289. The highest BCUT2D eigenvalue weighted by molar-refractivity contribution is 5.03. The predicted molar refractivity (Wildman–Crippen MR) is 64.8 cm³/mol. The SMILES string of the molecule is CCc1cc(=O)[nH]c(CN2CCC[C@@H]2CO)n1. The Morgan fingerprint density at radius 3 is 3.18 bits per heavy atom. The summed E-state index contributed by atoms with van der Waals surface area (Å²) in [7, 11) is 0. The van der Waals surface area contributed by atoms with Crippen LogP contribution in [-0.2, 0) is 13.0 Å². The molecule has 5 heteroatoms. The van der Waals surface area contributed by atoms with Gasteiger partial charge in [-0.2, -0.15) is 0 Å². The summed E-state index contributed by atoms with van der Waals surface area (Å²) in [4.78, 5) is 20.8. The Kier molecular flexibility index (Phi) is 3.91. The molecule has 5 nitrogen and oxygen atoms in total. The maximum atomic E-state index is 11.4. The van der Waals surface area contributed by atoms with Gasteiger partial charge >= 0.3 is 0 Å². The van der Waals surface area contributed by atoms with Crippen LogP contribution in [0.3, 0.4) is 0 Å². The maximum absolute atomic E-state index is 11.4. The standard InChI is InChI=1S/C12H19N3O2/c1-2-9-6-12(17)14-11(13-9)7-15-5-3-4-10(15)8-16/h6,10,16H,2-5,7-8H2,1H3,(H,13,14,17)/t10-/m1/s1. The average molecular weight is 237 g/mol. The van der Waals surface area contributed by atoms with Crippen molar-refractivity contribution in [1.82, 2.24) is 14.9 Å². The van der Waals surface area contributed by atoms with Crippen LogP contribution in [0, 0.1) is 0 Å². The molecule has 1 aromatic heterocycles. The van der Waals surface area contributed by atoms with E-state index in [0.717, 1.165) is 31.5 Å². The average Bonchev–Trinajstić information content (AvgIpc) is 2.75. The Labute approximate surface area is 100 Å². The van der Waals surface area contributed by atoms with Crippen molar-refractivity contribution in [2.45, 2.75) is 38.8 Å². The van der Waals surface area contributed by atoms with Crippen molar-refractivity contribution in [2.24, 2.45) is 0 Å². The van der Waals surface area contributed by atoms with Gasteiger partial charge in [0.25, 0.3) is 5.56 Å². The number of nitrogens with one attached hydrogen (secondary N) is 1. The molecule has 0 unspecified atom stereocenters. The molecule has 2 N–H and O–H groups in total. The lowest BCUT2D eigenvalue weighted by molar-refractivity contribution is 0.151. The normalized spacial score (nSPS) is 20.9. The molecule has 0 amide bonds. The molecule has 1 aliphatic rings. The van der Waals surface area contributed by atoms with E-state index in [9.17, 15) is 9.90 Å². The summed E-state index contributed by atoms with van der Waals surface area (Å²) < 4.78 is 0. The van der Waals surface area contributed by atoms with Gasteiger partial charge in [0.15, 0.2) is 0 Å². The first-order valence-electron chi connectivity index (χ1n) is 6.17. The summed E-state index contributed by atoms with van der Waals surface area (Å²) in [5.41, 5.74) is 0.732. The van der Waals surface area contributed by atoms with Gasteiger partial charge in [0.05, 0.1) is 13.2 Å². The van der Waals surface area contributed by atoms with Crippen LogP contribution >= 0.6 is 0 Å². The van der Waals surface area contributed by atoms with Crippen LogP contribution in [0.2, 0.25) is 0 Å². The molecule has 2 heterocycles. The number of aromatic nitrogens is 2. The van der Waals surface area contributed by atoms with Gasteiger partial charge in [-0.3, -0.25) is 9.69 Å². The number of aryl methyl sites for hydroxylation is 1. The summed E-state index contributed by atoms with van der Waals surface area (Å²) >= 11 is 0. The molecule has 2 rings (SSSR count). The Bertz CT molecular complexity index is 430. The fourth-order valence-corrected chi connectivity index (χ4v) is 2.32. The zero-order valence-electron chi connectivity index (χ0n) is 10.1. The lowest BCUT2D eigenvalue weighted by Crippen LogP contribution is -2.33. The number of H-pyrrole nitrogens is 1. The van der Waals surface area contributed by atoms with Gasteiger partial charge in [-0.15, -0.1) is 0 Å². The molecule has 0 radical (unpaired) electrons. The number of aliphatic hydroxyl groups excluding tert-OH is 1. The lowest BCUT2D eigenvalue weighted by Gasteiger charge is -2.21. The van der Waals surface area contributed by atoms with Crippen molar-refractivity contribution in [3.63, 3.8) is 0 Å². The number of aromatic amines is 1. The van der Waals surface area contributed by atoms with Gasteiger partial charge in [-0.1, -0.05) is 6.92 Å². The molecule has 17 heavy (non-hydrogen) atoms. The minimum absolute atomic E-state index is 0.0911. The second-order valence-corrected chi connectivity index (χ2v) is 4.49. The highest BCUT2D eigenvalue weighted by atomic mass is 16.3. The van der Waals surface area contributed by atoms with E-state index in [2.05, 4.69) is 14.9 Å². The molecule has 1 fully saturated rings. The number of hydrogen-bond donors (Lipinski definition) is 2. The van der Waals surface area contributed by atoms with E-state index < -0.39 is 0 Å². The number of hydrogen-bond acceptors (Lipinski definition) is 4. The van der Waals surface area contributed by atoms with Gasteiger partial charge < -0.3 is 10.1 Å². The summed E-state index contributed by atoms with van der Waals surface area (Å²) in [6, 6.07) is 1.75. The van der Waals surface area contributed by atoms with E-state index >= 15 is 0 Å². The minimum Gasteiger partial charge on any atom is -0.395 e. The van der Waals surface area contributed by atoms with Crippen molar-refractivity contribution in [2.75, 3.05) is 13.2 Å². The number of likely N-dealkylation sites (tertiary alicyclic amines) is 1. The first-order valence-corrected chi connectivity index (χ1v) is 6.17. The van der Waals surface area contributed by atoms with Crippen LogP contribution in [0.25, 0.3) is 0 Å². The molecule has 1 aromatic rings. The molecule has 94 valence electrons. The van der Waals surface area contributed by atoms with Crippen LogP contribution in [0.15, 0.2) is 10.9 Å². The van der Waals surface area contributed by atoms with Crippen LogP contribution in [-0.4, -0.2) is 39.2 Å². The molecule has 1 atom stereocenters. The second-order valence-electron chi connectivity index (χ2n) is 4.49. The Hall–Kier alpha value is -1.20. The van der Waals surface area contributed by atoms with Crippen molar-refractivity contribution in [3.05, 3.63) is 27.9 Å². The molecular weight excluding hydrogens is 218 g/mol. The van der Waals surface area contributed by atoms with Gasteiger partial charge in [0.1, 0.15) is 5.82 Å². The highest BCUT2D eigenvalue weighted by Crippen LogP contribution is 2.18. The molecule has 0 aliphatic carbocycles. The van der Waals surface area contributed by atoms with Crippen molar-refractivity contribution >= 4 is 0 Å². The van der Waals surface area contributed by atoms with Crippen LogP contribution in [0.4, 0.5) is 0 Å². The zero-order valence-corrected chi connectivity index (χ0v) is 10.1. The van der Waals surface area contributed by atoms with Crippen LogP contribution < -0.4 is 5.56 Å². The highest BCUT2D eigenvalue weighted by Gasteiger charge is 2.24. The van der Waals surface area contributed by atoms with Crippen molar-refractivity contribution in [3.8, 4) is 0 Å². The van der Waals surface area contributed by atoms with E-state index in [0.29, 0.717) is 12.4 Å². The molecule has 0 spiro atoms. The van der Waals surface area contributed by atoms with E-state index in [-0.39, 0.29) is 18.2 Å². The smallest absolute Gasteiger partial charge is 0.251 e. The first-order chi connectivity index (χ1) is 8.22. The van der Waals surface area contributed by atoms with Crippen LogP contribution in [0.1, 0.15) is 31.3 Å². The Morgan fingerprint density at radius 2 is 2.47 bits per heavy atom. The van der Waals surface area contributed by atoms with Gasteiger partial charge in [0, 0.05) is 17.8 Å². The van der Waals surface area contributed by atoms with E-state index in [1.165, 1.54) is 6.07 Å². The third kappa shape index (κ3) is 2.92. The monoisotopic (exact) mass is 237 g/mol. The molecular formula is C12H19N3O2. The number of aliphatic hydroxyl groups is 1. The summed E-state index contributed by atoms with van der Waals surface area (Å²) in [5, 5.41) is 9.24. The fraction of sp³-hybridized carbons (Fsp3) is 0.667. The fourth-order valence-electron chi connectivity index (χ4n) is 2.32. The number of rotatable bonds is 4. The Morgan fingerprint density at radius 1 is 1.65 bits per heavy atom. The summed E-state index contributed by atoms with van der Waals surface area (Å²) in [5.74, 6) is 0.703. The van der Waals surface area contributed by atoms with Gasteiger partial charge in [0.2, 0.25) is 0 Å². The number of nitrogens with zero attached hydrogens (tertiary/aromatic N) is 2. The zero-order chi connectivity index (χ0) is 12.3. The first kappa shape index (κ1) is 12.3. The Balaban J connectivity index is 2.12. The molecule has 0 aromatic carbocycles. The summed E-state index contributed by atoms with van der Waals surface area (Å²) in [6.07, 6.45) is 2.89. The largest absolute Gasteiger partial charge is 0.395 e. The summed E-state index contributed by atoms with van der Waals surface area (Å²) in [6.45, 7) is 3.75. The van der Waals surface area contributed by atoms with E-state index in [1.807, 2.05) is 6.92 Å². The van der Waals surface area contributed by atoms with Crippen LogP contribution in [0.5, 0.6) is 0 Å². The molecule has 0 saturated carbocycles. The topological polar surface area (TPSA) is 69.2 Å². The molecule has 1 aliphatic heterocycles. The third-order valence-electron chi connectivity index (χ3n) is 3.27. The lowest BCUT2D eigenvalue weighted by atomic mass is 10.2. The van der Waals surface area contributed by atoms with Crippen molar-refractivity contribution < 1.29 is 5.11 Å². The van der Waals surface area contributed by atoms with E-state index in [1.54, 1.807) is 0 Å². The molecule has 0 bridgehead atoms.